The molecular weight excluding hydrogens is 739 g/mol. The molecule has 6 nitrogen and oxygen atoms in total. The Hall–Kier alpha value is -5.58. The molecule has 0 radical (unpaired) electrons. The van der Waals surface area contributed by atoms with Crippen molar-refractivity contribution in [3.05, 3.63) is 193 Å². The Morgan fingerprint density at radius 2 is 0.636 bits per heavy atom. The average molecular weight is 779 g/mol. The summed E-state index contributed by atoms with van der Waals surface area (Å²) in [6.07, 6.45) is 0. The predicted octanol–water partition coefficient (Wildman–Crippen LogP) is 9.72. The average Bonchev–Trinajstić information content (AvgIpc) is 3.61. The first-order valence-corrected chi connectivity index (χ1v) is 22.4. The molecule has 0 atom stereocenters. The van der Waals surface area contributed by atoms with Crippen LogP contribution in [0.15, 0.2) is 191 Å². The van der Waals surface area contributed by atoms with Crippen LogP contribution in [0.4, 0.5) is 10.0 Å². The number of carbonyl (C=O) groups is 2. The van der Waals surface area contributed by atoms with E-state index in [1.165, 1.54) is 11.3 Å². The third-order valence-corrected chi connectivity index (χ3v) is 17.6. The third kappa shape index (κ3) is 7.44. The Morgan fingerprint density at radius 1 is 0.418 bits per heavy atom. The van der Waals surface area contributed by atoms with Crippen LogP contribution in [-0.4, -0.2) is 25.2 Å². The minimum atomic E-state index is -2.90. The Kier molecular flexibility index (Phi) is 11.8. The highest BCUT2D eigenvalue weighted by molar-refractivity contribution is 7.88. The second kappa shape index (κ2) is 17.3. The van der Waals surface area contributed by atoms with Crippen LogP contribution >= 0.6 is 25.4 Å². The molecule has 1 heterocycles. The molecule has 6 aromatic carbocycles. The van der Waals surface area contributed by atoms with Crippen LogP contribution in [0.3, 0.4) is 0 Å². The maximum absolute atomic E-state index is 14.4. The van der Waals surface area contributed by atoms with Gasteiger partial charge < -0.3 is 9.47 Å². The van der Waals surface area contributed by atoms with Crippen molar-refractivity contribution in [2.24, 2.45) is 9.49 Å². The van der Waals surface area contributed by atoms with Crippen molar-refractivity contribution in [1.29, 1.82) is 0 Å². The molecule has 9 heteroatoms. The van der Waals surface area contributed by atoms with Gasteiger partial charge in [-0.3, -0.25) is 0 Å². The number of rotatable bonds is 12. The third-order valence-electron chi connectivity index (χ3n) is 9.09. The van der Waals surface area contributed by atoms with Gasteiger partial charge in [0.05, 0.1) is 27.3 Å². The number of esters is 2. The van der Waals surface area contributed by atoms with Gasteiger partial charge in [-0.25, -0.2) is 19.1 Å². The lowest BCUT2D eigenvalue weighted by Gasteiger charge is -2.27. The van der Waals surface area contributed by atoms with Gasteiger partial charge in [-0.15, -0.1) is 0 Å². The van der Waals surface area contributed by atoms with Crippen LogP contribution in [0.2, 0.25) is 0 Å². The normalized spacial score (nSPS) is 11.4. The van der Waals surface area contributed by atoms with Gasteiger partial charge in [-0.1, -0.05) is 193 Å². The van der Waals surface area contributed by atoms with Crippen LogP contribution in [0.5, 0.6) is 0 Å². The van der Waals surface area contributed by atoms with Crippen LogP contribution in [-0.2, 0) is 9.47 Å². The summed E-state index contributed by atoms with van der Waals surface area (Å²) in [5.74, 6) is -1.31. The maximum Gasteiger partial charge on any atom is 0.342 e. The summed E-state index contributed by atoms with van der Waals surface area (Å²) < 4.78 is 23.0. The van der Waals surface area contributed by atoms with Crippen LogP contribution < -0.4 is 31.8 Å². The van der Waals surface area contributed by atoms with E-state index in [0.717, 1.165) is 31.8 Å². The standard InChI is InChI=1S/C46H40N2O4P2S/c1-3-51-45(49)41-42(46(50)52-4-2)44(48-54(38-29-17-8-18-30-38,39-31-19-9-20-32-39)40-33-21-10-22-34-40)55-43(41)47-53(35-23-11-5-12-24-35,36-25-13-6-14-26-36)37-27-15-7-16-28-37/h5-34H,3-4H2,1-2H3. The second-order valence-corrected chi connectivity index (χ2v) is 19.4. The van der Waals surface area contributed by atoms with E-state index in [1.807, 2.05) is 109 Å². The topological polar surface area (TPSA) is 77.3 Å². The molecule has 0 aliphatic carbocycles. The molecule has 0 saturated heterocycles. The molecule has 55 heavy (non-hydrogen) atoms. The van der Waals surface area contributed by atoms with E-state index in [1.54, 1.807) is 13.8 Å². The second-order valence-electron chi connectivity index (χ2n) is 12.4. The molecule has 0 bridgehead atoms. The fraction of sp³-hybridized carbons (Fsp3) is 0.0870. The molecule has 0 spiro atoms. The zero-order valence-electron chi connectivity index (χ0n) is 30.6. The first-order chi connectivity index (χ1) is 27.0. The molecule has 0 unspecified atom stereocenters. The number of carbonyl (C=O) groups excluding carboxylic acids is 2. The lowest BCUT2D eigenvalue weighted by molar-refractivity contribution is 0.0481. The van der Waals surface area contributed by atoms with Gasteiger partial charge in [0.2, 0.25) is 0 Å². The monoisotopic (exact) mass is 778 g/mol. The lowest BCUT2D eigenvalue weighted by atomic mass is 10.1. The Morgan fingerprint density at radius 3 is 0.836 bits per heavy atom. The van der Waals surface area contributed by atoms with E-state index in [-0.39, 0.29) is 24.3 Å². The summed E-state index contributed by atoms with van der Waals surface area (Å²) >= 11 is 1.24. The summed E-state index contributed by atoms with van der Waals surface area (Å²) in [6, 6.07) is 61.1. The minimum absolute atomic E-state index is 0.0588. The van der Waals surface area contributed by atoms with Crippen molar-refractivity contribution in [1.82, 2.24) is 0 Å². The number of benzene rings is 6. The number of thiophene rings is 1. The first kappa shape index (κ1) is 37.7. The highest BCUT2D eigenvalue weighted by Gasteiger charge is 2.36. The van der Waals surface area contributed by atoms with Crippen molar-refractivity contribution in [2.75, 3.05) is 13.2 Å². The summed E-state index contributed by atoms with van der Waals surface area (Å²) in [6.45, 7) is 3.72. The van der Waals surface area contributed by atoms with Gasteiger partial charge in [0.25, 0.3) is 0 Å². The molecule has 0 saturated carbocycles. The van der Waals surface area contributed by atoms with Crippen molar-refractivity contribution in [3.8, 4) is 0 Å². The predicted molar refractivity (Wildman–Crippen MR) is 231 cm³/mol. The molecule has 0 aliphatic rings. The van der Waals surface area contributed by atoms with Gasteiger partial charge in [-0.05, 0) is 13.8 Å². The van der Waals surface area contributed by atoms with E-state index in [4.69, 9.17) is 19.0 Å². The highest BCUT2D eigenvalue weighted by Crippen LogP contribution is 2.57. The fourth-order valence-electron chi connectivity index (χ4n) is 6.71. The van der Waals surface area contributed by atoms with Crippen molar-refractivity contribution in [3.63, 3.8) is 0 Å². The minimum Gasteiger partial charge on any atom is -0.462 e. The number of nitrogens with zero attached hydrogens (tertiary/aromatic N) is 2. The van der Waals surface area contributed by atoms with Crippen molar-refractivity contribution in [2.45, 2.75) is 13.8 Å². The van der Waals surface area contributed by atoms with Crippen molar-refractivity contribution < 1.29 is 19.1 Å². The Bertz CT molecular complexity index is 2110. The van der Waals surface area contributed by atoms with E-state index in [0.29, 0.717) is 10.0 Å². The number of hydrogen-bond donors (Lipinski definition) is 0. The highest BCUT2D eigenvalue weighted by atomic mass is 32.1. The lowest BCUT2D eigenvalue weighted by Crippen LogP contribution is -2.25. The Labute approximate surface area is 326 Å². The molecule has 7 aromatic rings. The zero-order valence-corrected chi connectivity index (χ0v) is 33.2. The molecule has 7 rings (SSSR count). The van der Waals surface area contributed by atoms with Gasteiger partial charge in [0.1, 0.15) is 21.1 Å². The van der Waals surface area contributed by atoms with E-state index >= 15 is 0 Å². The molecule has 0 aliphatic heterocycles. The molecule has 0 fully saturated rings. The van der Waals surface area contributed by atoms with E-state index < -0.39 is 26.0 Å². The summed E-state index contributed by atoms with van der Waals surface area (Å²) in [4.78, 5) is 28.8. The van der Waals surface area contributed by atoms with Crippen LogP contribution in [0.25, 0.3) is 0 Å². The van der Waals surface area contributed by atoms with Crippen LogP contribution in [0.1, 0.15) is 34.6 Å². The largest absolute Gasteiger partial charge is 0.462 e. The quantitative estimate of drug-likeness (QED) is 0.0915. The van der Waals surface area contributed by atoms with Gasteiger partial charge in [0, 0.05) is 31.8 Å². The van der Waals surface area contributed by atoms with Crippen LogP contribution in [0, 0.1) is 0 Å². The Balaban J connectivity index is 1.70. The smallest absolute Gasteiger partial charge is 0.342 e. The molecule has 0 N–H and O–H groups in total. The number of hydrogen-bond acceptors (Lipinski definition) is 7. The zero-order chi connectivity index (χ0) is 38.1. The maximum atomic E-state index is 14.4. The van der Waals surface area contributed by atoms with Gasteiger partial charge in [-0.2, -0.15) is 0 Å². The van der Waals surface area contributed by atoms with Gasteiger partial charge >= 0.3 is 11.9 Å². The summed E-state index contributed by atoms with van der Waals surface area (Å²) in [5.41, 5.74) is 0.118. The SMILES string of the molecule is CCOC(=O)c1c(N=P(c2ccccc2)(c2ccccc2)c2ccccc2)sc(N=P(c2ccccc2)(c2ccccc2)c2ccccc2)c1C(=O)OCC. The number of ether oxygens (including phenoxy) is 2. The molecule has 274 valence electrons. The summed E-state index contributed by atoms with van der Waals surface area (Å²) in [7, 11) is -5.79. The fourth-order valence-corrected chi connectivity index (χ4v) is 15.4. The summed E-state index contributed by atoms with van der Waals surface area (Å²) in [5, 5.41) is 6.67. The van der Waals surface area contributed by atoms with E-state index in [2.05, 4.69) is 72.8 Å². The van der Waals surface area contributed by atoms with E-state index in [9.17, 15) is 9.59 Å². The molecular formula is C46H40N2O4P2S. The van der Waals surface area contributed by atoms with Gasteiger partial charge in [0.15, 0.2) is 0 Å². The van der Waals surface area contributed by atoms with Crippen molar-refractivity contribution >= 4 is 79.2 Å². The molecule has 1 aromatic heterocycles. The molecule has 0 amide bonds. The first-order valence-electron chi connectivity index (χ1n) is 18.1.